The molecule has 4 rings (SSSR count). The van der Waals surface area contributed by atoms with Gasteiger partial charge in [-0.1, -0.05) is 6.42 Å². The van der Waals surface area contributed by atoms with Crippen LogP contribution >= 0.6 is 0 Å². The van der Waals surface area contributed by atoms with E-state index >= 15 is 0 Å². The van der Waals surface area contributed by atoms with Crippen LogP contribution in [-0.2, 0) is 10.0 Å². The van der Waals surface area contributed by atoms with Gasteiger partial charge in [0.1, 0.15) is 5.75 Å². The number of carbonyl (C=O) groups is 2. The van der Waals surface area contributed by atoms with Gasteiger partial charge in [0.2, 0.25) is 10.0 Å². The van der Waals surface area contributed by atoms with Crippen LogP contribution in [0.15, 0.2) is 53.4 Å². The minimum Gasteiger partial charge on any atom is -0.508 e. The van der Waals surface area contributed by atoms with Crippen LogP contribution < -0.4 is 0 Å². The van der Waals surface area contributed by atoms with Crippen molar-refractivity contribution in [2.24, 2.45) is 0 Å². The van der Waals surface area contributed by atoms with Gasteiger partial charge in [-0.2, -0.15) is 4.31 Å². The number of nitrogens with zero attached hydrogens (tertiary/aromatic N) is 3. The molecule has 9 heteroatoms. The first-order chi connectivity index (χ1) is 15.8. The third kappa shape index (κ3) is 4.89. The van der Waals surface area contributed by atoms with Crippen LogP contribution in [0.3, 0.4) is 0 Å². The van der Waals surface area contributed by atoms with Gasteiger partial charge in [0.05, 0.1) is 4.90 Å². The highest BCUT2D eigenvalue weighted by atomic mass is 32.2. The summed E-state index contributed by atoms with van der Waals surface area (Å²) in [5.41, 5.74) is 0.923. The Kier molecular flexibility index (Phi) is 6.71. The highest BCUT2D eigenvalue weighted by Crippen LogP contribution is 2.25. The van der Waals surface area contributed by atoms with Gasteiger partial charge >= 0.3 is 0 Å². The Morgan fingerprint density at radius 1 is 0.788 bits per heavy atom. The van der Waals surface area contributed by atoms with E-state index in [0.717, 1.165) is 19.3 Å². The number of amides is 2. The minimum atomic E-state index is -3.58. The maximum absolute atomic E-state index is 13.0. The Hall–Kier alpha value is -2.91. The fourth-order valence-electron chi connectivity index (χ4n) is 4.42. The van der Waals surface area contributed by atoms with Crippen molar-refractivity contribution in [2.45, 2.75) is 37.1 Å². The zero-order valence-electron chi connectivity index (χ0n) is 18.7. The van der Waals surface area contributed by atoms with E-state index in [0.29, 0.717) is 43.9 Å². The second kappa shape index (κ2) is 9.52. The number of piperidine rings is 1. The summed E-state index contributed by atoms with van der Waals surface area (Å²) < 4.78 is 27.5. The largest absolute Gasteiger partial charge is 0.508 e. The topological polar surface area (TPSA) is 98.2 Å². The molecule has 176 valence electrons. The number of phenolic OH excluding ortho intramolecular Hbond substituents is 1. The molecule has 8 nitrogen and oxygen atoms in total. The summed E-state index contributed by atoms with van der Waals surface area (Å²) in [6.07, 6.45) is 2.76. The summed E-state index contributed by atoms with van der Waals surface area (Å²) in [6.45, 7) is 4.06. The number of hydrogen-bond acceptors (Lipinski definition) is 5. The monoisotopic (exact) mass is 471 g/mol. The van der Waals surface area contributed by atoms with E-state index < -0.39 is 10.0 Å². The van der Waals surface area contributed by atoms with Crippen LogP contribution in [0.5, 0.6) is 5.75 Å². The first-order valence-corrected chi connectivity index (χ1v) is 12.7. The smallest absolute Gasteiger partial charge is 0.253 e. The van der Waals surface area contributed by atoms with E-state index in [1.165, 1.54) is 24.3 Å². The zero-order valence-corrected chi connectivity index (χ0v) is 19.5. The van der Waals surface area contributed by atoms with Gasteiger partial charge in [-0.05, 0) is 68.3 Å². The van der Waals surface area contributed by atoms with Crippen molar-refractivity contribution >= 4 is 21.8 Å². The van der Waals surface area contributed by atoms with Gasteiger partial charge in [-0.3, -0.25) is 9.59 Å². The number of carbonyl (C=O) groups excluding carboxylic acids is 2. The maximum atomic E-state index is 13.0. The molecule has 0 spiro atoms. The molecule has 2 saturated heterocycles. The number of aromatic hydroxyl groups is 1. The summed E-state index contributed by atoms with van der Waals surface area (Å²) in [4.78, 5) is 29.1. The molecule has 1 N–H and O–H groups in total. The molecule has 0 aliphatic carbocycles. The zero-order chi connectivity index (χ0) is 23.6. The van der Waals surface area contributed by atoms with Crippen LogP contribution in [0.2, 0.25) is 0 Å². The Morgan fingerprint density at radius 3 is 1.76 bits per heavy atom. The highest BCUT2D eigenvalue weighted by molar-refractivity contribution is 7.89. The van der Waals surface area contributed by atoms with E-state index in [2.05, 4.69) is 0 Å². The summed E-state index contributed by atoms with van der Waals surface area (Å²) in [7, 11) is -3.58. The van der Waals surface area contributed by atoms with Crippen molar-refractivity contribution in [3.8, 4) is 5.75 Å². The van der Waals surface area contributed by atoms with Gasteiger partial charge in [0.25, 0.3) is 11.8 Å². The van der Waals surface area contributed by atoms with Crippen molar-refractivity contribution in [3.05, 3.63) is 59.7 Å². The molecule has 2 aliphatic rings. The number of hydrogen-bond donors (Lipinski definition) is 1. The molecule has 33 heavy (non-hydrogen) atoms. The van der Waals surface area contributed by atoms with Crippen molar-refractivity contribution in [1.82, 2.24) is 14.1 Å². The van der Waals surface area contributed by atoms with E-state index in [9.17, 15) is 23.1 Å². The third-order valence-electron chi connectivity index (χ3n) is 6.42. The molecule has 2 amide bonds. The molecule has 0 aromatic heterocycles. The Morgan fingerprint density at radius 2 is 1.27 bits per heavy atom. The van der Waals surface area contributed by atoms with Gasteiger partial charge in [-0.25, -0.2) is 8.42 Å². The lowest BCUT2D eigenvalue weighted by molar-refractivity contribution is 0.0535. The fourth-order valence-corrected chi connectivity index (χ4v) is 6.11. The summed E-state index contributed by atoms with van der Waals surface area (Å²) in [5.74, 6) is -0.211. The van der Waals surface area contributed by atoms with Crippen molar-refractivity contribution in [3.63, 3.8) is 0 Å². The molecule has 1 unspecified atom stereocenters. The standard InChI is InChI=1S/C24H29N3O5S/c1-18-4-2-3-13-27(18)33(31,32)22-11-7-20(8-12-22)24(30)26-16-14-25(15-17-26)23(29)19-5-9-21(28)10-6-19/h5-12,18,28H,2-4,13-17H2,1H3. The van der Waals surface area contributed by atoms with Crippen molar-refractivity contribution < 1.29 is 23.1 Å². The van der Waals surface area contributed by atoms with E-state index in [1.807, 2.05) is 6.92 Å². The average Bonchev–Trinajstić information content (AvgIpc) is 2.84. The fraction of sp³-hybridized carbons (Fsp3) is 0.417. The van der Waals surface area contributed by atoms with Gasteiger partial charge in [0.15, 0.2) is 0 Å². The lowest BCUT2D eigenvalue weighted by Gasteiger charge is -2.35. The molecule has 0 saturated carbocycles. The van der Waals surface area contributed by atoms with Crippen LogP contribution in [0.1, 0.15) is 46.9 Å². The molecule has 2 aliphatic heterocycles. The first-order valence-electron chi connectivity index (χ1n) is 11.3. The van der Waals surface area contributed by atoms with Crippen molar-refractivity contribution in [1.29, 1.82) is 0 Å². The molecule has 0 bridgehead atoms. The molecule has 2 aromatic carbocycles. The van der Waals surface area contributed by atoms with Crippen LogP contribution in [0, 0.1) is 0 Å². The van der Waals surface area contributed by atoms with Crippen LogP contribution in [0.4, 0.5) is 0 Å². The van der Waals surface area contributed by atoms with Gasteiger partial charge in [-0.15, -0.1) is 0 Å². The lowest BCUT2D eigenvalue weighted by Crippen LogP contribution is -2.50. The molecule has 2 aromatic rings. The van der Waals surface area contributed by atoms with E-state index in [4.69, 9.17) is 0 Å². The third-order valence-corrected chi connectivity index (χ3v) is 8.45. The summed E-state index contributed by atoms with van der Waals surface area (Å²) in [6, 6.07) is 12.2. The molecule has 0 radical (unpaired) electrons. The van der Waals surface area contributed by atoms with E-state index in [1.54, 1.807) is 38.4 Å². The van der Waals surface area contributed by atoms with E-state index in [-0.39, 0.29) is 28.5 Å². The summed E-state index contributed by atoms with van der Waals surface area (Å²) in [5, 5.41) is 9.39. The Labute approximate surface area is 194 Å². The number of benzene rings is 2. The second-order valence-electron chi connectivity index (χ2n) is 8.62. The molecule has 2 fully saturated rings. The highest BCUT2D eigenvalue weighted by Gasteiger charge is 2.31. The molecular weight excluding hydrogens is 442 g/mol. The Balaban J connectivity index is 1.38. The van der Waals surface area contributed by atoms with Crippen LogP contribution in [-0.4, -0.2) is 78.2 Å². The minimum absolute atomic E-state index is 0.0226. The Bertz CT molecular complexity index is 1110. The molecular formula is C24H29N3O5S. The van der Waals surface area contributed by atoms with Crippen molar-refractivity contribution in [2.75, 3.05) is 32.7 Å². The quantitative estimate of drug-likeness (QED) is 0.739. The average molecular weight is 472 g/mol. The maximum Gasteiger partial charge on any atom is 0.253 e. The molecule has 1 atom stereocenters. The predicted octanol–water partition coefficient (Wildman–Crippen LogP) is 2.55. The summed E-state index contributed by atoms with van der Waals surface area (Å²) >= 11 is 0. The first kappa shape index (κ1) is 23.3. The van der Waals surface area contributed by atoms with Crippen LogP contribution in [0.25, 0.3) is 0 Å². The molecule has 2 heterocycles. The number of sulfonamides is 1. The SMILES string of the molecule is CC1CCCCN1S(=O)(=O)c1ccc(C(=O)N2CCN(C(=O)c3ccc(O)cc3)CC2)cc1. The second-order valence-corrected chi connectivity index (χ2v) is 10.5. The van der Waals surface area contributed by atoms with Gasteiger partial charge in [0, 0.05) is 49.9 Å². The number of rotatable bonds is 4. The lowest BCUT2D eigenvalue weighted by atomic mass is 10.1. The van der Waals surface area contributed by atoms with Gasteiger partial charge < -0.3 is 14.9 Å². The normalized spacial score (nSPS) is 20.0. The number of piperazine rings is 1. The predicted molar refractivity (Wildman–Crippen MR) is 124 cm³/mol. The number of phenols is 1.